The van der Waals surface area contributed by atoms with E-state index in [1.165, 1.54) is 10.8 Å². The fourth-order valence-corrected chi connectivity index (χ4v) is 3.78. The van der Waals surface area contributed by atoms with Gasteiger partial charge in [0, 0.05) is 16.6 Å². The maximum atomic E-state index is 12.5. The van der Waals surface area contributed by atoms with Crippen molar-refractivity contribution in [1.82, 2.24) is 0 Å². The highest BCUT2D eigenvalue weighted by Gasteiger charge is 2.17. The van der Waals surface area contributed by atoms with Crippen molar-refractivity contribution in [1.29, 1.82) is 0 Å². The van der Waals surface area contributed by atoms with Gasteiger partial charge in [-0.1, -0.05) is 30.3 Å². The predicted molar refractivity (Wildman–Crippen MR) is 105 cm³/mol. The molecular weight excluding hydrogens is 346 g/mol. The van der Waals surface area contributed by atoms with Crippen molar-refractivity contribution in [2.45, 2.75) is 17.1 Å². The number of anilines is 1. The van der Waals surface area contributed by atoms with E-state index < -0.39 is 0 Å². The molecule has 26 heavy (non-hydrogen) atoms. The molecule has 4 rings (SSSR count). The molecule has 1 aliphatic rings. The number of amides is 1. The summed E-state index contributed by atoms with van der Waals surface area (Å²) in [4.78, 5) is 13.6. The Kier molecular flexibility index (Phi) is 4.71. The van der Waals surface area contributed by atoms with E-state index in [1.54, 1.807) is 17.8 Å². The normalized spacial score (nSPS) is 14.0. The third-order valence-electron chi connectivity index (χ3n) is 4.21. The van der Waals surface area contributed by atoms with Gasteiger partial charge in [0.25, 0.3) is 0 Å². The molecule has 0 saturated heterocycles. The van der Waals surface area contributed by atoms with Gasteiger partial charge in [0.2, 0.25) is 5.91 Å². The number of fused-ring (bicyclic) bond motifs is 2. The Morgan fingerprint density at radius 3 is 2.58 bits per heavy atom. The van der Waals surface area contributed by atoms with E-state index in [4.69, 9.17) is 9.47 Å². The van der Waals surface area contributed by atoms with Crippen molar-refractivity contribution in [2.24, 2.45) is 0 Å². The lowest BCUT2D eigenvalue weighted by Crippen LogP contribution is -2.22. The van der Waals surface area contributed by atoms with E-state index in [2.05, 4.69) is 35.6 Å². The Labute approximate surface area is 156 Å². The minimum atomic E-state index is -0.218. The van der Waals surface area contributed by atoms with Gasteiger partial charge in [-0.25, -0.2) is 0 Å². The van der Waals surface area contributed by atoms with Crippen LogP contribution < -0.4 is 14.8 Å². The van der Waals surface area contributed by atoms with Crippen molar-refractivity contribution < 1.29 is 14.3 Å². The van der Waals surface area contributed by atoms with E-state index in [0.717, 1.165) is 4.90 Å². The van der Waals surface area contributed by atoms with Crippen LogP contribution in [0.4, 0.5) is 5.69 Å². The van der Waals surface area contributed by atoms with E-state index in [1.807, 2.05) is 31.2 Å². The first-order chi connectivity index (χ1) is 12.7. The molecule has 5 heteroatoms. The minimum Gasteiger partial charge on any atom is -0.486 e. The van der Waals surface area contributed by atoms with Crippen LogP contribution in [-0.4, -0.2) is 24.4 Å². The molecule has 4 nitrogen and oxygen atoms in total. The van der Waals surface area contributed by atoms with Crippen molar-refractivity contribution in [3.8, 4) is 11.5 Å². The first kappa shape index (κ1) is 16.8. The molecule has 0 aromatic heterocycles. The molecule has 3 aromatic rings. The summed E-state index contributed by atoms with van der Waals surface area (Å²) in [6, 6.07) is 19.9. The van der Waals surface area contributed by atoms with Gasteiger partial charge in [0.05, 0.1) is 5.25 Å². The van der Waals surface area contributed by atoms with Crippen molar-refractivity contribution in [3.63, 3.8) is 0 Å². The highest BCUT2D eigenvalue weighted by atomic mass is 32.2. The average Bonchev–Trinajstić information content (AvgIpc) is 2.67. The van der Waals surface area contributed by atoms with Gasteiger partial charge in [0.1, 0.15) is 13.2 Å². The molecular formula is C21H19NO3S. The van der Waals surface area contributed by atoms with Crippen LogP contribution in [0, 0.1) is 0 Å². The molecule has 3 aromatic carbocycles. The Bertz CT molecular complexity index is 957. The molecule has 0 unspecified atom stereocenters. The van der Waals surface area contributed by atoms with Crippen LogP contribution in [0.3, 0.4) is 0 Å². The smallest absolute Gasteiger partial charge is 0.237 e. The lowest BCUT2D eigenvalue weighted by Gasteiger charge is -2.19. The monoisotopic (exact) mass is 365 g/mol. The molecule has 0 aliphatic carbocycles. The van der Waals surface area contributed by atoms with Gasteiger partial charge in [-0.15, -0.1) is 11.8 Å². The van der Waals surface area contributed by atoms with Gasteiger partial charge in [-0.2, -0.15) is 0 Å². The summed E-state index contributed by atoms with van der Waals surface area (Å²) in [5.74, 6) is 1.34. The maximum Gasteiger partial charge on any atom is 0.237 e. The number of rotatable bonds is 4. The van der Waals surface area contributed by atoms with Crippen LogP contribution in [0.15, 0.2) is 65.6 Å². The fraction of sp³-hybridized carbons (Fsp3) is 0.190. The first-order valence-corrected chi connectivity index (χ1v) is 9.43. The number of ether oxygens (including phenoxy) is 2. The SMILES string of the molecule is C[C@H](Sc1ccc2ccccc2c1)C(=O)Nc1ccc2c(c1)OCCO2. The van der Waals surface area contributed by atoms with Gasteiger partial charge in [-0.3, -0.25) is 4.79 Å². The quantitative estimate of drug-likeness (QED) is 0.679. The number of benzene rings is 3. The molecule has 132 valence electrons. The number of thioether (sulfide) groups is 1. The van der Waals surface area contributed by atoms with Gasteiger partial charge >= 0.3 is 0 Å². The van der Waals surface area contributed by atoms with Crippen LogP contribution in [0.5, 0.6) is 11.5 Å². The molecule has 1 atom stereocenters. The molecule has 0 saturated carbocycles. The topological polar surface area (TPSA) is 47.6 Å². The first-order valence-electron chi connectivity index (χ1n) is 8.55. The number of nitrogens with one attached hydrogen (secondary N) is 1. The van der Waals surface area contributed by atoms with Crippen LogP contribution in [0.1, 0.15) is 6.92 Å². The minimum absolute atomic E-state index is 0.0418. The van der Waals surface area contributed by atoms with Gasteiger partial charge < -0.3 is 14.8 Å². The Morgan fingerprint density at radius 1 is 0.962 bits per heavy atom. The maximum absolute atomic E-state index is 12.5. The largest absolute Gasteiger partial charge is 0.486 e. The molecule has 0 fully saturated rings. The summed E-state index contributed by atoms with van der Waals surface area (Å²) in [6.45, 7) is 2.99. The van der Waals surface area contributed by atoms with Crippen LogP contribution in [0.2, 0.25) is 0 Å². The summed E-state index contributed by atoms with van der Waals surface area (Å²) in [5, 5.41) is 5.11. The third-order valence-corrected chi connectivity index (χ3v) is 5.31. The molecule has 1 heterocycles. The van der Waals surface area contributed by atoms with E-state index >= 15 is 0 Å². The van der Waals surface area contributed by atoms with E-state index in [-0.39, 0.29) is 11.2 Å². The van der Waals surface area contributed by atoms with Crippen LogP contribution in [-0.2, 0) is 4.79 Å². The molecule has 0 bridgehead atoms. The zero-order chi connectivity index (χ0) is 17.9. The van der Waals surface area contributed by atoms with Crippen molar-refractivity contribution in [2.75, 3.05) is 18.5 Å². The molecule has 1 N–H and O–H groups in total. The molecule has 1 aliphatic heterocycles. The summed E-state index contributed by atoms with van der Waals surface area (Å²) < 4.78 is 11.1. The number of hydrogen-bond donors (Lipinski definition) is 1. The summed E-state index contributed by atoms with van der Waals surface area (Å²) in [7, 11) is 0. The highest BCUT2D eigenvalue weighted by molar-refractivity contribution is 8.00. The van der Waals surface area contributed by atoms with Crippen molar-refractivity contribution in [3.05, 3.63) is 60.7 Å². The third kappa shape index (κ3) is 3.63. The van der Waals surface area contributed by atoms with Crippen LogP contribution >= 0.6 is 11.8 Å². The summed E-state index contributed by atoms with van der Waals surface area (Å²) in [5.41, 5.74) is 0.713. The standard InChI is InChI=1S/C21H19NO3S/c1-14(26-18-8-6-15-4-2-3-5-16(15)12-18)21(23)22-17-7-9-19-20(13-17)25-11-10-24-19/h2-9,12-14H,10-11H2,1H3,(H,22,23)/t14-/m0/s1. The lowest BCUT2D eigenvalue weighted by atomic mass is 10.1. The Balaban J connectivity index is 1.44. The predicted octanol–water partition coefficient (Wildman–Crippen LogP) is 4.73. The Hall–Kier alpha value is -2.66. The second-order valence-corrected chi connectivity index (χ2v) is 7.53. The zero-order valence-corrected chi connectivity index (χ0v) is 15.2. The van der Waals surface area contributed by atoms with Gasteiger partial charge in [0.15, 0.2) is 11.5 Å². The van der Waals surface area contributed by atoms with E-state index in [9.17, 15) is 4.79 Å². The number of carbonyl (C=O) groups excluding carboxylic acids is 1. The van der Waals surface area contributed by atoms with Crippen LogP contribution in [0.25, 0.3) is 10.8 Å². The van der Waals surface area contributed by atoms with Gasteiger partial charge in [-0.05, 0) is 42.0 Å². The second kappa shape index (κ2) is 7.30. The van der Waals surface area contributed by atoms with E-state index in [0.29, 0.717) is 30.4 Å². The summed E-state index contributed by atoms with van der Waals surface area (Å²) >= 11 is 1.55. The zero-order valence-electron chi connectivity index (χ0n) is 14.4. The summed E-state index contributed by atoms with van der Waals surface area (Å²) in [6.07, 6.45) is 0. The molecule has 1 amide bonds. The molecule has 0 radical (unpaired) electrons. The molecule has 0 spiro atoms. The Morgan fingerprint density at radius 2 is 1.73 bits per heavy atom. The highest BCUT2D eigenvalue weighted by Crippen LogP contribution is 2.33. The van der Waals surface area contributed by atoms with Crippen molar-refractivity contribution >= 4 is 34.1 Å². The average molecular weight is 365 g/mol. The second-order valence-electron chi connectivity index (χ2n) is 6.12. The lowest BCUT2D eigenvalue weighted by molar-refractivity contribution is -0.115. The fourth-order valence-electron chi connectivity index (χ4n) is 2.86. The number of hydrogen-bond acceptors (Lipinski definition) is 4. The number of carbonyl (C=O) groups is 1.